The van der Waals surface area contributed by atoms with Crippen LogP contribution >= 0.6 is 0 Å². The van der Waals surface area contributed by atoms with Crippen LogP contribution in [-0.4, -0.2) is 36.1 Å². The first-order valence-corrected chi connectivity index (χ1v) is 9.18. The molecule has 3 rings (SSSR count). The maximum absolute atomic E-state index is 10.5. The van der Waals surface area contributed by atoms with Crippen molar-refractivity contribution >= 4 is 29.8 Å². The third kappa shape index (κ3) is 4.22. The number of hydrogen-bond acceptors (Lipinski definition) is 3. The molecule has 1 aliphatic rings. The van der Waals surface area contributed by atoms with Gasteiger partial charge in [-0.05, 0) is 26.0 Å². The van der Waals surface area contributed by atoms with E-state index < -0.39 is 0 Å². The molecule has 4 nitrogen and oxygen atoms in total. The Kier molecular flexibility index (Phi) is 5.97. The van der Waals surface area contributed by atoms with E-state index in [-0.39, 0.29) is 5.41 Å². The van der Waals surface area contributed by atoms with Crippen molar-refractivity contribution in [3.63, 3.8) is 0 Å². The van der Waals surface area contributed by atoms with E-state index in [0.29, 0.717) is 19.6 Å². The highest BCUT2D eigenvalue weighted by Crippen LogP contribution is 2.39. The van der Waals surface area contributed by atoms with Crippen molar-refractivity contribution in [2.45, 2.75) is 25.7 Å². The molecule has 1 heterocycles. The smallest absolute Gasteiger partial charge is 0.293 e. The molecular formula is C23H25N2O2+. The van der Waals surface area contributed by atoms with Crippen LogP contribution in [0, 0.1) is 0 Å². The van der Waals surface area contributed by atoms with E-state index in [1.165, 1.54) is 17.0 Å². The number of para-hydroxylation sites is 2. The van der Waals surface area contributed by atoms with E-state index >= 15 is 0 Å². The third-order valence-corrected chi connectivity index (χ3v) is 4.81. The molecule has 0 saturated heterocycles. The largest absolute Gasteiger partial charge is 0.461 e. The first-order chi connectivity index (χ1) is 13.1. The minimum absolute atomic E-state index is 0.106. The fourth-order valence-electron chi connectivity index (χ4n) is 3.49. The van der Waals surface area contributed by atoms with Crippen molar-refractivity contribution in [1.29, 1.82) is 0 Å². The number of rotatable bonds is 8. The van der Waals surface area contributed by atoms with E-state index in [0.717, 1.165) is 12.1 Å². The molecule has 0 amide bonds. The van der Waals surface area contributed by atoms with Crippen LogP contribution in [0.5, 0.6) is 0 Å². The highest BCUT2D eigenvalue weighted by molar-refractivity contribution is 6.03. The van der Waals surface area contributed by atoms with Crippen LogP contribution < -0.4 is 0 Å². The van der Waals surface area contributed by atoms with E-state index in [2.05, 4.69) is 53.8 Å². The molecule has 2 aromatic rings. The molecule has 2 aromatic carbocycles. The zero-order chi connectivity index (χ0) is 19.1. The molecule has 27 heavy (non-hydrogen) atoms. The highest BCUT2D eigenvalue weighted by atomic mass is 16.5. The van der Waals surface area contributed by atoms with Gasteiger partial charge >= 0.3 is 0 Å². The van der Waals surface area contributed by atoms with Gasteiger partial charge in [0.05, 0.1) is 11.1 Å². The summed E-state index contributed by atoms with van der Waals surface area (Å²) in [5, 5.41) is 0. The van der Waals surface area contributed by atoms with Gasteiger partial charge in [-0.25, -0.2) is 0 Å². The molecule has 0 spiro atoms. The van der Waals surface area contributed by atoms with Crippen molar-refractivity contribution in [1.82, 2.24) is 0 Å². The van der Waals surface area contributed by atoms with Gasteiger partial charge in [0.15, 0.2) is 12.3 Å². The van der Waals surface area contributed by atoms with Crippen LogP contribution in [0.3, 0.4) is 0 Å². The van der Waals surface area contributed by atoms with Crippen LogP contribution in [-0.2, 0) is 14.9 Å². The maximum atomic E-state index is 10.5. The van der Waals surface area contributed by atoms with Gasteiger partial charge in [0.25, 0.3) is 6.47 Å². The summed E-state index contributed by atoms with van der Waals surface area (Å²) >= 11 is 0. The SMILES string of the molecule is CC1(C)C(/C=C/CC=Nc2ccccc2)=[N+](CCOC=O)c2ccccc21. The highest BCUT2D eigenvalue weighted by Gasteiger charge is 2.43. The lowest BCUT2D eigenvalue weighted by atomic mass is 9.81. The lowest BCUT2D eigenvalue weighted by molar-refractivity contribution is -0.440. The van der Waals surface area contributed by atoms with Gasteiger partial charge in [-0.3, -0.25) is 9.79 Å². The van der Waals surface area contributed by atoms with Gasteiger partial charge in [0, 0.05) is 30.3 Å². The average Bonchev–Trinajstić information content (AvgIpc) is 2.90. The van der Waals surface area contributed by atoms with Crippen molar-refractivity contribution in [2.24, 2.45) is 4.99 Å². The van der Waals surface area contributed by atoms with Gasteiger partial charge in [0.2, 0.25) is 5.69 Å². The molecule has 0 N–H and O–H groups in total. The second kappa shape index (κ2) is 8.58. The zero-order valence-electron chi connectivity index (χ0n) is 15.8. The lowest BCUT2D eigenvalue weighted by Crippen LogP contribution is -2.28. The normalized spacial score (nSPS) is 15.5. The van der Waals surface area contributed by atoms with E-state index in [4.69, 9.17) is 4.74 Å². The molecule has 0 bridgehead atoms. The fraction of sp³-hybridized carbons (Fsp3) is 0.261. The Balaban J connectivity index is 1.80. The monoisotopic (exact) mass is 361 g/mol. The summed E-state index contributed by atoms with van der Waals surface area (Å²) in [6.07, 6.45) is 6.96. The Morgan fingerprint density at radius 2 is 1.81 bits per heavy atom. The molecule has 0 radical (unpaired) electrons. The number of carbonyl (C=O) groups excluding carboxylic acids is 1. The molecule has 4 heteroatoms. The van der Waals surface area contributed by atoms with Crippen molar-refractivity contribution in [3.8, 4) is 0 Å². The Morgan fingerprint density at radius 3 is 2.59 bits per heavy atom. The van der Waals surface area contributed by atoms with E-state index in [1.54, 1.807) is 0 Å². The topological polar surface area (TPSA) is 41.7 Å². The molecule has 1 aliphatic heterocycles. The minimum Gasteiger partial charge on any atom is -0.461 e. The molecule has 0 atom stereocenters. The first-order valence-electron chi connectivity index (χ1n) is 9.18. The molecule has 0 aromatic heterocycles. The summed E-state index contributed by atoms with van der Waals surface area (Å²) in [7, 11) is 0. The van der Waals surface area contributed by atoms with Crippen molar-refractivity contribution < 1.29 is 14.1 Å². The summed E-state index contributed by atoms with van der Waals surface area (Å²) in [5.41, 5.74) is 4.51. The third-order valence-electron chi connectivity index (χ3n) is 4.81. The standard InChI is InChI=1S/C23H25N2O2/c1-23(2)20-12-6-7-13-21(20)25(16-17-27-18-26)22(23)14-8-9-15-24-19-10-4-3-5-11-19/h3-8,10-15,18H,9,16-17H2,1-2H3/q+1/b14-8+,24-15?. The lowest BCUT2D eigenvalue weighted by Gasteiger charge is -2.15. The predicted octanol–water partition coefficient (Wildman–Crippen LogP) is 4.58. The van der Waals surface area contributed by atoms with Crippen LogP contribution in [0.1, 0.15) is 25.8 Å². The molecule has 0 aliphatic carbocycles. The number of aliphatic imine (C=N–C) groups is 1. The predicted molar refractivity (Wildman–Crippen MR) is 110 cm³/mol. The summed E-state index contributed by atoms with van der Waals surface area (Å²) in [6.45, 7) is 5.95. The average molecular weight is 361 g/mol. The Bertz CT molecular complexity index is 880. The number of allylic oxidation sites excluding steroid dienone is 2. The van der Waals surface area contributed by atoms with Crippen LogP contribution in [0.15, 0.2) is 71.7 Å². The summed E-state index contributed by atoms with van der Waals surface area (Å²) in [4.78, 5) is 15.0. The quantitative estimate of drug-likeness (QED) is 0.299. The van der Waals surface area contributed by atoms with Crippen molar-refractivity contribution in [3.05, 3.63) is 72.3 Å². The summed E-state index contributed by atoms with van der Waals surface area (Å²) < 4.78 is 7.18. The van der Waals surface area contributed by atoms with Gasteiger partial charge < -0.3 is 4.74 Å². The summed E-state index contributed by atoms with van der Waals surface area (Å²) in [5.74, 6) is 0. The number of benzene rings is 2. The number of ether oxygens (including phenoxy) is 1. The Hall–Kier alpha value is -3.01. The van der Waals surface area contributed by atoms with E-state index in [9.17, 15) is 4.79 Å². The van der Waals surface area contributed by atoms with Crippen LogP contribution in [0.2, 0.25) is 0 Å². The zero-order valence-corrected chi connectivity index (χ0v) is 15.8. The first kappa shape index (κ1) is 18.8. The van der Waals surface area contributed by atoms with Gasteiger partial charge in [-0.15, -0.1) is 0 Å². The molecule has 138 valence electrons. The second-order valence-corrected chi connectivity index (χ2v) is 6.93. The second-order valence-electron chi connectivity index (χ2n) is 6.93. The van der Waals surface area contributed by atoms with E-state index in [1.807, 2.05) is 42.6 Å². The fourth-order valence-corrected chi connectivity index (χ4v) is 3.49. The molecule has 0 fully saturated rings. The van der Waals surface area contributed by atoms with Crippen LogP contribution in [0.4, 0.5) is 11.4 Å². The molecule has 0 saturated carbocycles. The number of nitrogens with zero attached hydrogens (tertiary/aromatic N) is 2. The number of fused-ring (bicyclic) bond motifs is 1. The number of carbonyl (C=O) groups is 1. The van der Waals surface area contributed by atoms with Gasteiger partial charge in [-0.1, -0.05) is 42.5 Å². The maximum Gasteiger partial charge on any atom is 0.293 e. The Labute approximate surface area is 160 Å². The summed E-state index contributed by atoms with van der Waals surface area (Å²) in [6, 6.07) is 18.3. The Morgan fingerprint density at radius 1 is 1.07 bits per heavy atom. The van der Waals surface area contributed by atoms with Crippen molar-refractivity contribution in [2.75, 3.05) is 13.2 Å². The molecule has 0 unspecified atom stereocenters. The van der Waals surface area contributed by atoms with Gasteiger partial charge in [-0.2, -0.15) is 4.58 Å². The van der Waals surface area contributed by atoms with Crippen LogP contribution in [0.25, 0.3) is 0 Å². The van der Waals surface area contributed by atoms with Gasteiger partial charge in [0.1, 0.15) is 6.61 Å². The minimum atomic E-state index is -0.106. The molecular weight excluding hydrogens is 336 g/mol. The number of hydrogen-bond donors (Lipinski definition) is 0.